The van der Waals surface area contributed by atoms with Crippen molar-refractivity contribution in [3.63, 3.8) is 0 Å². The molecular formula is C19H24N2O4. The highest BCUT2D eigenvalue weighted by atomic mass is 16.7. The number of hydrogen-bond acceptors (Lipinski definition) is 4. The third-order valence-electron chi connectivity index (χ3n) is 5.25. The fraction of sp³-hybridized carbons (Fsp3) is 0.579. The zero-order valence-electron chi connectivity index (χ0n) is 14.4. The van der Waals surface area contributed by atoms with Gasteiger partial charge in [-0.25, -0.2) is 0 Å². The van der Waals surface area contributed by atoms with Crippen LogP contribution in [0.4, 0.5) is 5.69 Å². The van der Waals surface area contributed by atoms with Gasteiger partial charge < -0.3 is 19.3 Å². The maximum absolute atomic E-state index is 13.1. The number of ether oxygens (including phenoxy) is 2. The summed E-state index contributed by atoms with van der Waals surface area (Å²) in [7, 11) is 0. The van der Waals surface area contributed by atoms with Gasteiger partial charge in [0.15, 0.2) is 6.29 Å². The van der Waals surface area contributed by atoms with E-state index in [-0.39, 0.29) is 24.1 Å². The van der Waals surface area contributed by atoms with Gasteiger partial charge in [0.1, 0.15) is 0 Å². The number of anilines is 1. The molecule has 0 saturated carbocycles. The van der Waals surface area contributed by atoms with E-state index >= 15 is 0 Å². The lowest BCUT2D eigenvalue weighted by molar-refractivity contribution is -0.117. The molecule has 0 bridgehead atoms. The molecule has 1 unspecified atom stereocenters. The molecule has 6 nitrogen and oxygen atoms in total. The first-order chi connectivity index (χ1) is 12.2. The summed E-state index contributed by atoms with van der Waals surface area (Å²) in [5, 5.41) is 0. The fourth-order valence-corrected chi connectivity index (χ4v) is 3.99. The second-order valence-electron chi connectivity index (χ2n) is 6.87. The number of rotatable bonds is 3. The Kier molecular flexibility index (Phi) is 4.72. The van der Waals surface area contributed by atoms with Crippen molar-refractivity contribution in [2.24, 2.45) is 0 Å². The highest BCUT2D eigenvalue weighted by molar-refractivity contribution is 5.99. The molecule has 4 rings (SSSR count). The summed E-state index contributed by atoms with van der Waals surface area (Å²) in [4.78, 5) is 28.8. The van der Waals surface area contributed by atoms with Crippen LogP contribution >= 0.6 is 0 Å². The number of hydrogen-bond donors (Lipinski definition) is 0. The summed E-state index contributed by atoms with van der Waals surface area (Å²) in [6.07, 6.45) is 4.14. The molecule has 1 aromatic rings. The molecule has 0 aliphatic carbocycles. The second kappa shape index (κ2) is 7.14. The first kappa shape index (κ1) is 16.5. The fourth-order valence-electron chi connectivity index (χ4n) is 3.99. The molecule has 25 heavy (non-hydrogen) atoms. The minimum absolute atomic E-state index is 0.00250. The number of likely N-dealkylation sites (tertiary alicyclic amines) is 1. The Morgan fingerprint density at radius 2 is 1.92 bits per heavy atom. The standard InChI is InChI=1S/C19H24N2O4/c22-17-8-4-10-20(17)15-6-3-5-14(13-15)18(23)21-9-2-1-7-16(21)19-24-11-12-25-19/h3,5-6,13,16,19H,1-2,4,7-12H2. The van der Waals surface area contributed by atoms with Gasteiger partial charge in [0, 0.05) is 30.8 Å². The Bertz CT molecular complexity index is 657. The van der Waals surface area contributed by atoms with E-state index in [9.17, 15) is 9.59 Å². The van der Waals surface area contributed by atoms with Crippen LogP contribution in [0.15, 0.2) is 24.3 Å². The van der Waals surface area contributed by atoms with Crippen LogP contribution in [-0.2, 0) is 14.3 Å². The summed E-state index contributed by atoms with van der Waals surface area (Å²) in [5.41, 5.74) is 1.44. The van der Waals surface area contributed by atoms with Crippen LogP contribution in [0.2, 0.25) is 0 Å². The SMILES string of the molecule is O=C1CCCN1c1cccc(C(=O)N2CCCCC2C2OCCO2)c1. The molecule has 0 N–H and O–H groups in total. The minimum Gasteiger partial charge on any atom is -0.348 e. The molecule has 134 valence electrons. The molecule has 1 atom stereocenters. The lowest BCUT2D eigenvalue weighted by Crippen LogP contribution is -2.50. The van der Waals surface area contributed by atoms with Crippen LogP contribution in [0.3, 0.4) is 0 Å². The van der Waals surface area contributed by atoms with E-state index in [4.69, 9.17) is 9.47 Å². The summed E-state index contributed by atoms with van der Waals surface area (Å²) >= 11 is 0. The van der Waals surface area contributed by atoms with Crippen molar-refractivity contribution in [3.05, 3.63) is 29.8 Å². The predicted octanol–water partition coefficient (Wildman–Crippen LogP) is 2.18. The Morgan fingerprint density at radius 1 is 1.08 bits per heavy atom. The molecule has 3 fully saturated rings. The van der Waals surface area contributed by atoms with Gasteiger partial charge in [-0.15, -0.1) is 0 Å². The van der Waals surface area contributed by atoms with E-state index in [1.54, 1.807) is 4.90 Å². The molecule has 0 radical (unpaired) electrons. The third kappa shape index (κ3) is 3.28. The molecule has 0 aromatic heterocycles. The number of amides is 2. The van der Waals surface area contributed by atoms with Crippen LogP contribution in [0, 0.1) is 0 Å². The Morgan fingerprint density at radius 3 is 2.68 bits per heavy atom. The van der Waals surface area contributed by atoms with E-state index in [0.717, 1.165) is 44.5 Å². The van der Waals surface area contributed by atoms with E-state index < -0.39 is 0 Å². The lowest BCUT2D eigenvalue weighted by Gasteiger charge is -2.38. The minimum atomic E-state index is -0.312. The Labute approximate surface area is 147 Å². The number of nitrogens with zero attached hydrogens (tertiary/aromatic N) is 2. The molecular weight excluding hydrogens is 320 g/mol. The van der Waals surface area contributed by atoms with E-state index in [2.05, 4.69) is 0 Å². The van der Waals surface area contributed by atoms with Crippen molar-refractivity contribution in [1.82, 2.24) is 4.90 Å². The zero-order valence-corrected chi connectivity index (χ0v) is 14.4. The monoisotopic (exact) mass is 344 g/mol. The van der Waals surface area contributed by atoms with Crippen LogP contribution in [0.25, 0.3) is 0 Å². The summed E-state index contributed by atoms with van der Waals surface area (Å²) in [5.74, 6) is 0.130. The smallest absolute Gasteiger partial charge is 0.254 e. The van der Waals surface area contributed by atoms with Gasteiger partial charge in [0.2, 0.25) is 5.91 Å². The van der Waals surface area contributed by atoms with Gasteiger partial charge in [-0.2, -0.15) is 0 Å². The molecule has 0 spiro atoms. The van der Waals surface area contributed by atoms with Crippen molar-refractivity contribution >= 4 is 17.5 Å². The van der Waals surface area contributed by atoms with Gasteiger partial charge in [-0.3, -0.25) is 9.59 Å². The van der Waals surface area contributed by atoms with Crippen molar-refractivity contribution < 1.29 is 19.1 Å². The van der Waals surface area contributed by atoms with Gasteiger partial charge in [-0.05, 0) is 43.9 Å². The van der Waals surface area contributed by atoms with Crippen LogP contribution in [0.5, 0.6) is 0 Å². The van der Waals surface area contributed by atoms with Crippen LogP contribution < -0.4 is 4.90 Å². The van der Waals surface area contributed by atoms with Gasteiger partial charge in [0.25, 0.3) is 5.91 Å². The topological polar surface area (TPSA) is 59.1 Å². The second-order valence-corrected chi connectivity index (χ2v) is 6.87. The van der Waals surface area contributed by atoms with E-state index in [1.165, 1.54) is 0 Å². The number of carbonyl (C=O) groups is 2. The molecule has 3 heterocycles. The summed E-state index contributed by atoms with van der Waals surface area (Å²) in [6, 6.07) is 7.40. The number of piperidine rings is 1. The predicted molar refractivity (Wildman–Crippen MR) is 92.4 cm³/mol. The maximum atomic E-state index is 13.1. The van der Waals surface area contributed by atoms with E-state index in [1.807, 2.05) is 29.2 Å². The molecule has 3 aliphatic rings. The first-order valence-corrected chi connectivity index (χ1v) is 9.18. The van der Waals surface area contributed by atoms with E-state index in [0.29, 0.717) is 25.2 Å². The van der Waals surface area contributed by atoms with Crippen LogP contribution in [0.1, 0.15) is 42.5 Å². The largest absolute Gasteiger partial charge is 0.348 e. The summed E-state index contributed by atoms with van der Waals surface area (Å²) < 4.78 is 11.3. The lowest BCUT2D eigenvalue weighted by atomic mass is 10.00. The third-order valence-corrected chi connectivity index (χ3v) is 5.25. The average molecular weight is 344 g/mol. The molecule has 1 aromatic carbocycles. The average Bonchev–Trinajstić information content (AvgIpc) is 3.33. The van der Waals surface area contributed by atoms with Crippen LogP contribution in [-0.4, -0.2) is 55.3 Å². The maximum Gasteiger partial charge on any atom is 0.254 e. The normalized spacial score (nSPS) is 25.0. The quantitative estimate of drug-likeness (QED) is 0.843. The van der Waals surface area contributed by atoms with Gasteiger partial charge in [-0.1, -0.05) is 6.07 Å². The molecule has 3 aliphatic heterocycles. The molecule has 6 heteroatoms. The first-order valence-electron chi connectivity index (χ1n) is 9.18. The number of benzene rings is 1. The highest BCUT2D eigenvalue weighted by Gasteiger charge is 2.36. The van der Waals surface area contributed by atoms with Crippen molar-refractivity contribution in [2.75, 3.05) is 31.2 Å². The highest BCUT2D eigenvalue weighted by Crippen LogP contribution is 2.28. The Balaban J connectivity index is 1.55. The van der Waals surface area contributed by atoms with Crippen molar-refractivity contribution in [1.29, 1.82) is 0 Å². The number of carbonyl (C=O) groups excluding carboxylic acids is 2. The van der Waals surface area contributed by atoms with Crippen molar-refractivity contribution in [2.45, 2.75) is 44.4 Å². The molecule has 2 amide bonds. The van der Waals surface area contributed by atoms with Gasteiger partial charge >= 0.3 is 0 Å². The zero-order chi connectivity index (χ0) is 17.2. The Hall–Kier alpha value is -1.92. The van der Waals surface area contributed by atoms with Gasteiger partial charge in [0.05, 0.1) is 19.3 Å². The summed E-state index contributed by atoms with van der Waals surface area (Å²) in [6.45, 7) is 2.64. The molecule has 3 saturated heterocycles. The van der Waals surface area contributed by atoms with Crippen molar-refractivity contribution in [3.8, 4) is 0 Å².